The van der Waals surface area contributed by atoms with E-state index in [-0.39, 0.29) is 5.57 Å². The molecule has 2 aromatic rings. The first-order valence-electron chi connectivity index (χ1n) is 5.93. The van der Waals surface area contributed by atoms with E-state index in [1.165, 1.54) is 0 Å². The Labute approximate surface area is 109 Å². The molecule has 3 rings (SSSR count). The van der Waals surface area contributed by atoms with Crippen LogP contribution >= 0.6 is 0 Å². The van der Waals surface area contributed by atoms with Crippen molar-refractivity contribution in [2.24, 2.45) is 0 Å². The van der Waals surface area contributed by atoms with Gasteiger partial charge in [-0.2, -0.15) is 0 Å². The van der Waals surface area contributed by atoms with E-state index in [2.05, 4.69) is 0 Å². The van der Waals surface area contributed by atoms with Gasteiger partial charge < -0.3 is 4.79 Å². The van der Waals surface area contributed by atoms with Crippen LogP contribution in [0.15, 0.2) is 42.0 Å². The summed E-state index contributed by atoms with van der Waals surface area (Å²) in [6.07, 6.45) is 1.99. The van der Waals surface area contributed by atoms with Crippen LogP contribution in [0.1, 0.15) is 17.0 Å². The minimum absolute atomic E-state index is 0.261. The summed E-state index contributed by atoms with van der Waals surface area (Å²) < 4.78 is 0. The molecule has 0 N–H and O–H groups in total. The van der Waals surface area contributed by atoms with Gasteiger partial charge in [0.25, 0.3) is 0 Å². The number of carbonyl (C=O) groups excluding carboxylic acids is 3. The lowest BCUT2D eigenvalue weighted by atomic mass is 9.92. The summed E-state index contributed by atoms with van der Waals surface area (Å²) in [5, 5.41) is 1.90. The smallest absolute Gasteiger partial charge is 0.151 e. The molecule has 2 aromatic carbocycles. The zero-order chi connectivity index (χ0) is 13.4. The van der Waals surface area contributed by atoms with Gasteiger partial charge in [-0.15, -0.1) is 0 Å². The predicted molar refractivity (Wildman–Crippen MR) is 71.8 cm³/mol. The lowest BCUT2D eigenvalue weighted by Crippen LogP contribution is -2.02. The zero-order valence-electron chi connectivity index (χ0n) is 10.00. The fourth-order valence-electron chi connectivity index (χ4n) is 2.75. The molecule has 0 spiro atoms. The zero-order valence-corrected chi connectivity index (χ0v) is 10.00. The molecule has 0 amide bonds. The number of rotatable bonds is 3. The van der Waals surface area contributed by atoms with Crippen molar-refractivity contribution in [2.75, 3.05) is 0 Å². The molecule has 0 heterocycles. The highest BCUT2D eigenvalue weighted by molar-refractivity contribution is 6.20. The molecule has 0 aliphatic heterocycles. The van der Waals surface area contributed by atoms with Gasteiger partial charge in [-0.3, -0.25) is 9.59 Å². The number of hydrogen-bond donors (Lipinski definition) is 0. The third kappa shape index (κ3) is 1.48. The lowest BCUT2D eigenvalue weighted by molar-refractivity contribution is -0.110. The van der Waals surface area contributed by atoms with Crippen LogP contribution in [-0.2, 0) is 14.4 Å². The summed E-state index contributed by atoms with van der Waals surface area (Å²) >= 11 is 0. The van der Waals surface area contributed by atoms with Crippen molar-refractivity contribution >= 4 is 35.2 Å². The van der Waals surface area contributed by atoms with E-state index in [9.17, 15) is 14.4 Å². The second-order valence-corrected chi connectivity index (χ2v) is 4.47. The summed E-state index contributed by atoms with van der Waals surface area (Å²) in [5.74, 6) is -0.640. The maximum Gasteiger partial charge on any atom is 0.151 e. The number of aldehydes is 3. The summed E-state index contributed by atoms with van der Waals surface area (Å²) in [6, 6.07) is 11.3. The molecule has 1 aliphatic carbocycles. The molecule has 0 saturated carbocycles. The molecule has 0 aromatic heterocycles. The molecule has 1 aliphatic rings. The highest BCUT2D eigenvalue weighted by Gasteiger charge is 2.32. The number of fused-ring (bicyclic) bond motifs is 3. The lowest BCUT2D eigenvalue weighted by Gasteiger charge is -2.09. The average molecular weight is 250 g/mol. The van der Waals surface area contributed by atoms with Gasteiger partial charge in [0.1, 0.15) is 12.6 Å². The van der Waals surface area contributed by atoms with Crippen LogP contribution in [0.3, 0.4) is 0 Å². The van der Waals surface area contributed by atoms with Crippen molar-refractivity contribution in [1.82, 2.24) is 0 Å². The topological polar surface area (TPSA) is 51.2 Å². The van der Waals surface area contributed by atoms with Crippen molar-refractivity contribution in [2.45, 2.75) is 5.92 Å². The van der Waals surface area contributed by atoms with E-state index in [0.717, 1.165) is 22.6 Å². The van der Waals surface area contributed by atoms with Crippen LogP contribution in [-0.4, -0.2) is 18.9 Å². The van der Waals surface area contributed by atoms with E-state index in [1.54, 1.807) is 6.07 Å². The molecule has 3 nitrogen and oxygen atoms in total. The van der Waals surface area contributed by atoms with E-state index < -0.39 is 5.92 Å². The van der Waals surface area contributed by atoms with E-state index in [4.69, 9.17) is 0 Å². The highest BCUT2D eigenvalue weighted by atomic mass is 16.1. The Hall–Kier alpha value is -2.55. The fourth-order valence-corrected chi connectivity index (χ4v) is 2.75. The van der Waals surface area contributed by atoms with Crippen molar-refractivity contribution in [3.8, 4) is 0 Å². The molecular weight excluding hydrogens is 240 g/mol. The Morgan fingerprint density at radius 3 is 2.37 bits per heavy atom. The Morgan fingerprint density at radius 1 is 0.895 bits per heavy atom. The van der Waals surface area contributed by atoms with Gasteiger partial charge in [0.15, 0.2) is 6.29 Å². The minimum atomic E-state index is -0.640. The first kappa shape index (κ1) is 11.5. The Kier molecular flexibility index (Phi) is 2.60. The van der Waals surface area contributed by atoms with Crippen molar-refractivity contribution in [3.05, 3.63) is 53.1 Å². The molecule has 1 atom stereocenters. The Morgan fingerprint density at radius 2 is 1.68 bits per heavy atom. The van der Waals surface area contributed by atoms with Gasteiger partial charge in [-0.05, 0) is 21.9 Å². The summed E-state index contributed by atoms with van der Waals surface area (Å²) in [6.45, 7) is 0. The van der Waals surface area contributed by atoms with Crippen molar-refractivity contribution in [1.29, 1.82) is 0 Å². The highest BCUT2D eigenvalue weighted by Crippen LogP contribution is 2.42. The predicted octanol–water partition coefficient (Wildman–Crippen LogP) is 2.29. The number of hydrogen-bond acceptors (Lipinski definition) is 3. The number of carbonyl (C=O) groups is 3. The van der Waals surface area contributed by atoms with Crippen LogP contribution in [0.2, 0.25) is 0 Å². The van der Waals surface area contributed by atoms with Crippen molar-refractivity contribution in [3.63, 3.8) is 0 Å². The van der Waals surface area contributed by atoms with Crippen LogP contribution in [0.4, 0.5) is 0 Å². The van der Waals surface area contributed by atoms with Gasteiger partial charge in [0, 0.05) is 11.1 Å². The summed E-state index contributed by atoms with van der Waals surface area (Å²) in [7, 11) is 0. The Balaban J connectivity index is 2.42. The average Bonchev–Trinajstić information content (AvgIpc) is 2.79. The number of allylic oxidation sites excluding steroid dienone is 2. The first-order valence-corrected chi connectivity index (χ1v) is 5.93. The SMILES string of the molecule is O=CC1=C(C=O)C(C=O)c2c1ccc1ccccc21. The van der Waals surface area contributed by atoms with Gasteiger partial charge in [-0.25, -0.2) is 0 Å². The molecule has 1 unspecified atom stereocenters. The fraction of sp³-hybridized carbons (Fsp3) is 0.0625. The largest absolute Gasteiger partial charge is 0.302 e. The van der Waals surface area contributed by atoms with Gasteiger partial charge >= 0.3 is 0 Å². The van der Waals surface area contributed by atoms with Crippen LogP contribution < -0.4 is 0 Å². The number of benzene rings is 2. The standard InChI is InChI=1S/C16H10O3/c17-7-13-12-6-5-10-3-1-2-4-11(10)16(12)15(9-19)14(13)8-18/h1-9,15H. The van der Waals surface area contributed by atoms with Crippen molar-refractivity contribution < 1.29 is 14.4 Å². The second kappa shape index (κ2) is 4.28. The van der Waals surface area contributed by atoms with E-state index in [0.29, 0.717) is 23.7 Å². The third-order valence-electron chi connectivity index (χ3n) is 3.60. The minimum Gasteiger partial charge on any atom is -0.302 e. The van der Waals surface area contributed by atoms with Gasteiger partial charge in [-0.1, -0.05) is 36.4 Å². The molecule has 0 fully saturated rings. The molecule has 3 heteroatoms. The monoisotopic (exact) mass is 250 g/mol. The maximum atomic E-state index is 11.3. The van der Waals surface area contributed by atoms with Crippen LogP contribution in [0.25, 0.3) is 16.3 Å². The molecule has 0 saturated heterocycles. The Bertz CT molecular complexity index is 741. The van der Waals surface area contributed by atoms with Gasteiger partial charge in [0.2, 0.25) is 0 Å². The maximum absolute atomic E-state index is 11.3. The van der Waals surface area contributed by atoms with E-state index in [1.807, 2.05) is 30.3 Å². The summed E-state index contributed by atoms with van der Waals surface area (Å²) in [5.41, 5.74) is 2.04. The van der Waals surface area contributed by atoms with Gasteiger partial charge in [0.05, 0.1) is 5.92 Å². The van der Waals surface area contributed by atoms with E-state index >= 15 is 0 Å². The quantitative estimate of drug-likeness (QED) is 0.785. The molecule has 92 valence electrons. The van der Waals surface area contributed by atoms with Crippen LogP contribution in [0.5, 0.6) is 0 Å². The second-order valence-electron chi connectivity index (χ2n) is 4.47. The third-order valence-corrected chi connectivity index (χ3v) is 3.60. The van der Waals surface area contributed by atoms with Crippen LogP contribution in [0, 0.1) is 0 Å². The first-order chi connectivity index (χ1) is 9.31. The molecule has 0 bridgehead atoms. The molecular formula is C16H10O3. The molecule has 19 heavy (non-hydrogen) atoms. The summed E-state index contributed by atoms with van der Waals surface area (Å²) in [4.78, 5) is 33.7. The normalized spacial score (nSPS) is 17.4. The molecule has 0 radical (unpaired) electrons.